The van der Waals surface area contributed by atoms with Gasteiger partial charge in [-0.15, -0.1) is 6.58 Å². The van der Waals surface area contributed by atoms with Crippen molar-refractivity contribution in [1.82, 2.24) is 5.32 Å². The van der Waals surface area contributed by atoms with Gasteiger partial charge >= 0.3 is 0 Å². The van der Waals surface area contributed by atoms with Gasteiger partial charge in [0.25, 0.3) is 0 Å². The molecule has 1 N–H and O–H groups in total. The monoisotopic (exact) mass is 205 g/mol. The van der Waals surface area contributed by atoms with Gasteiger partial charge in [0, 0.05) is 13.1 Å². The van der Waals surface area contributed by atoms with Gasteiger partial charge in [0.05, 0.1) is 13.2 Å². The molecule has 0 aliphatic rings. The van der Waals surface area contributed by atoms with Crippen molar-refractivity contribution in [3.05, 3.63) is 48.6 Å². The van der Waals surface area contributed by atoms with Crippen LogP contribution in [0.15, 0.2) is 43.0 Å². The summed E-state index contributed by atoms with van der Waals surface area (Å²) in [4.78, 5) is 0. The summed E-state index contributed by atoms with van der Waals surface area (Å²) in [5.41, 5.74) is 1.33. The number of hydrogen-bond donors (Lipinski definition) is 1. The highest BCUT2D eigenvalue weighted by molar-refractivity contribution is 5.14. The molecule has 2 nitrogen and oxygen atoms in total. The zero-order valence-corrected chi connectivity index (χ0v) is 9.11. The second-order valence-corrected chi connectivity index (χ2v) is 3.34. The lowest BCUT2D eigenvalue weighted by Gasteiger charge is -2.04. The second kappa shape index (κ2) is 8.21. The highest BCUT2D eigenvalue weighted by Crippen LogP contribution is 1.99. The highest BCUT2D eigenvalue weighted by atomic mass is 16.5. The van der Waals surface area contributed by atoms with E-state index in [0.717, 1.165) is 32.7 Å². The number of rotatable bonds is 8. The molecule has 1 rings (SSSR count). The quantitative estimate of drug-likeness (QED) is 0.518. The van der Waals surface area contributed by atoms with E-state index in [4.69, 9.17) is 4.74 Å². The summed E-state index contributed by atoms with van der Waals surface area (Å²) in [6.45, 7) is 6.93. The van der Waals surface area contributed by atoms with Gasteiger partial charge < -0.3 is 10.1 Å². The maximum atomic E-state index is 5.49. The van der Waals surface area contributed by atoms with Crippen LogP contribution in [0.1, 0.15) is 5.56 Å². The van der Waals surface area contributed by atoms with Crippen molar-refractivity contribution in [1.29, 1.82) is 0 Å². The molecule has 1 aromatic rings. The van der Waals surface area contributed by atoms with E-state index in [1.54, 1.807) is 0 Å². The van der Waals surface area contributed by atoms with Crippen molar-refractivity contribution < 1.29 is 4.74 Å². The average Bonchev–Trinajstić information content (AvgIpc) is 2.29. The molecule has 0 unspecified atom stereocenters. The molecule has 2 heteroatoms. The lowest BCUT2D eigenvalue weighted by atomic mass is 10.2. The van der Waals surface area contributed by atoms with E-state index in [1.807, 2.05) is 12.1 Å². The summed E-state index contributed by atoms with van der Waals surface area (Å²) in [5.74, 6) is 0. The molecule has 0 fully saturated rings. The highest BCUT2D eigenvalue weighted by Gasteiger charge is 1.91. The van der Waals surface area contributed by atoms with E-state index in [1.165, 1.54) is 5.56 Å². The predicted molar refractivity (Wildman–Crippen MR) is 64.0 cm³/mol. The minimum atomic E-state index is 0.765. The first kappa shape index (κ1) is 12.0. The van der Waals surface area contributed by atoms with Gasteiger partial charge in [-0.05, 0) is 12.0 Å². The largest absolute Gasteiger partial charge is 0.380 e. The van der Waals surface area contributed by atoms with E-state index >= 15 is 0 Å². The summed E-state index contributed by atoms with van der Waals surface area (Å²) >= 11 is 0. The number of ether oxygens (including phenoxy) is 1. The topological polar surface area (TPSA) is 21.3 Å². The van der Waals surface area contributed by atoms with Crippen LogP contribution in [0, 0.1) is 0 Å². The Morgan fingerprint density at radius 1 is 1.20 bits per heavy atom. The summed E-state index contributed by atoms with van der Waals surface area (Å²) in [6.07, 6.45) is 2.84. The molecule has 0 aliphatic carbocycles. The number of hydrogen-bond acceptors (Lipinski definition) is 2. The van der Waals surface area contributed by atoms with Gasteiger partial charge in [0.15, 0.2) is 0 Å². The van der Waals surface area contributed by atoms with Gasteiger partial charge in [-0.1, -0.05) is 36.4 Å². The standard InChI is InChI=1S/C13H19NO/c1-2-9-14-10-12-15-11-8-13-6-4-3-5-7-13/h2-7,14H,1,8-12H2. The van der Waals surface area contributed by atoms with Gasteiger partial charge in [-0.3, -0.25) is 0 Å². The SMILES string of the molecule is C=CCNCCOCCc1ccccc1. The van der Waals surface area contributed by atoms with Crippen molar-refractivity contribution in [3.8, 4) is 0 Å². The van der Waals surface area contributed by atoms with E-state index in [0.29, 0.717) is 0 Å². The first-order valence-corrected chi connectivity index (χ1v) is 5.37. The number of nitrogens with one attached hydrogen (secondary N) is 1. The van der Waals surface area contributed by atoms with Gasteiger partial charge in [0.2, 0.25) is 0 Å². The maximum absolute atomic E-state index is 5.49. The van der Waals surface area contributed by atoms with Crippen molar-refractivity contribution in [2.24, 2.45) is 0 Å². The van der Waals surface area contributed by atoms with Crippen LogP contribution in [0.4, 0.5) is 0 Å². The molecular formula is C13H19NO. The lowest BCUT2D eigenvalue weighted by Crippen LogP contribution is -2.19. The fraction of sp³-hybridized carbons (Fsp3) is 0.385. The van der Waals surface area contributed by atoms with Gasteiger partial charge in [-0.25, -0.2) is 0 Å². The summed E-state index contributed by atoms with van der Waals surface area (Å²) in [6, 6.07) is 10.4. The van der Waals surface area contributed by atoms with Crippen molar-refractivity contribution in [3.63, 3.8) is 0 Å². The van der Waals surface area contributed by atoms with Crippen molar-refractivity contribution >= 4 is 0 Å². The Hall–Kier alpha value is -1.12. The molecule has 0 aliphatic heterocycles. The fourth-order valence-electron chi connectivity index (χ4n) is 1.29. The van der Waals surface area contributed by atoms with Crippen LogP contribution in [-0.4, -0.2) is 26.3 Å². The smallest absolute Gasteiger partial charge is 0.0591 e. The van der Waals surface area contributed by atoms with Crippen molar-refractivity contribution in [2.75, 3.05) is 26.3 Å². The minimum absolute atomic E-state index is 0.765. The van der Waals surface area contributed by atoms with Crippen molar-refractivity contribution in [2.45, 2.75) is 6.42 Å². The molecule has 0 bridgehead atoms. The van der Waals surface area contributed by atoms with Crippen LogP contribution >= 0.6 is 0 Å². The molecule has 15 heavy (non-hydrogen) atoms. The number of benzene rings is 1. The summed E-state index contributed by atoms with van der Waals surface area (Å²) in [5, 5.41) is 3.19. The Kier molecular flexibility index (Phi) is 6.54. The molecule has 0 saturated carbocycles. The molecular weight excluding hydrogens is 186 g/mol. The van der Waals surface area contributed by atoms with Crippen LogP contribution in [0.2, 0.25) is 0 Å². The summed E-state index contributed by atoms with van der Waals surface area (Å²) < 4.78 is 5.49. The third-order valence-corrected chi connectivity index (χ3v) is 2.09. The lowest BCUT2D eigenvalue weighted by molar-refractivity contribution is 0.139. The van der Waals surface area contributed by atoms with E-state index in [-0.39, 0.29) is 0 Å². The first-order valence-electron chi connectivity index (χ1n) is 5.37. The van der Waals surface area contributed by atoms with Crippen LogP contribution in [-0.2, 0) is 11.2 Å². The van der Waals surface area contributed by atoms with Crippen LogP contribution in [0.25, 0.3) is 0 Å². The Balaban J connectivity index is 1.95. The molecule has 0 amide bonds. The molecule has 0 heterocycles. The molecule has 0 atom stereocenters. The van der Waals surface area contributed by atoms with Gasteiger partial charge in [-0.2, -0.15) is 0 Å². The normalized spacial score (nSPS) is 10.1. The Morgan fingerprint density at radius 2 is 2.00 bits per heavy atom. The predicted octanol–water partition coefficient (Wildman–Crippen LogP) is 2.02. The maximum Gasteiger partial charge on any atom is 0.0591 e. The van der Waals surface area contributed by atoms with E-state index < -0.39 is 0 Å². The molecule has 0 spiro atoms. The van der Waals surface area contributed by atoms with E-state index in [2.05, 4.69) is 36.2 Å². The summed E-state index contributed by atoms with van der Waals surface area (Å²) in [7, 11) is 0. The molecule has 1 aromatic carbocycles. The fourth-order valence-corrected chi connectivity index (χ4v) is 1.29. The van der Waals surface area contributed by atoms with E-state index in [9.17, 15) is 0 Å². The molecule has 0 aromatic heterocycles. The molecule has 0 radical (unpaired) electrons. The van der Waals surface area contributed by atoms with Crippen LogP contribution < -0.4 is 5.32 Å². The zero-order chi connectivity index (χ0) is 10.8. The Bertz CT molecular complexity index is 258. The average molecular weight is 205 g/mol. The zero-order valence-electron chi connectivity index (χ0n) is 9.11. The minimum Gasteiger partial charge on any atom is -0.380 e. The van der Waals surface area contributed by atoms with Crippen LogP contribution in [0.5, 0.6) is 0 Å². The first-order chi connectivity index (χ1) is 7.43. The molecule has 82 valence electrons. The Morgan fingerprint density at radius 3 is 2.73 bits per heavy atom. The molecule has 0 saturated heterocycles. The van der Waals surface area contributed by atoms with Crippen LogP contribution in [0.3, 0.4) is 0 Å². The Labute approximate surface area is 92.0 Å². The third-order valence-electron chi connectivity index (χ3n) is 2.09. The van der Waals surface area contributed by atoms with Gasteiger partial charge in [0.1, 0.15) is 0 Å². The third kappa shape index (κ3) is 6.05. The second-order valence-electron chi connectivity index (χ2n) is 3.34.